The summed E-state index contributed by atoms with van der Waals surface area (Å²) in [6, 6.07) is -1.78. The van der Waals surface area contributed by atoms with E-state index < -0.39 is 12.1 Å². The lowest BCUT2D eigenvalue weighted by Gasteiger charge is -2.32. The first-order valence-corrected chi connectivity index (χ1v) is 10.6. The zero-order valence-electron chi connectivity index (χ0n) is 18.7. The third-order valence-electron chi connectivity index (χ3n) is 5.21. The minimum Gasteiger partial charge on any atom is -0.364 e. The fraction of sp³-hybridized carbons (Fsp3) is 0.850. The second kappa shape index (κ2) is 12.8. The Morgan fingerprint density at radius 3 is 2.47 bits per heavy atom. The van der Waals surface area contributed by atoms with Gasteiger partial charge in [-0.05, 0) is 24.7 Å². The van der Waals surface area contributed by atoms with Crippen molar-refractivity contribution in [3.63, 3.8) is 0 Å². The van der Waals surface area contributed by atoms with Crippen molar-refractivity contribution in [1.29, 1.82) is 0 Å². The Bertz CT molecular complexity index is 566. The van der Waals surface area contributed by atoms with E-state index in [-0.39, 0.29) is 55.9 Å². The van der Waals surface area contributed by atoms with E-state index in [2.05, 4.69) is 10.6 Å². The number of nitrogens with zero attached hydrogens (tertiary/aromatic N) is 1. The molecule has 1 aliphatic heterocycles. The normalized spacial score (nSPS) is 19.3. The number of ether oxygens (including phenoxy) is 2. The van der Waals surface area contributed by atoms with E-state index in [9.17, 15) is 14.4 Å². The molecule has 0 aromatic carbocycles. The van der Waals surface area contributed by atoms with Crippen LogP contribution in [0.4, 0.5) is 4.79 Å². The number of carbonyl (C=O) groups excluding carboxylic acids is 3. The van der Waals surface area contributed by atoms with Crippen molar-refractivity contribution >= 4 is 17.7 Å². The maximum absolute atomic E-state index is 12.8. The summed E-state index contributed by atoms with van der Waals surface area (Å²) in [6.45, 7) is 9.04. The molecule has 0 aromatic heterocycles. The highest BCUT2D eigenvalue weighted by Crippen LogP contribution is 2.21. The number of urea groups is 1. The van der Waals surface area contributed by atoms with Gasteiger partial charge >= 0.3 is 6.03 Å². The lowest BCUT2D eigenvalue weighted by atomic mass is 9.87. The van der Waals surface area contributed by atoms with Crippen molar-refractivity contribution in [2.45, 2.75) is 71.5 Å². The summed E-state index contributed by atoms with van der Waals surface area (Å²) >= 11 is 0. The Kier molecular flexibility index (Phi) is 11.2. The molecule has 0 radical (unpaired) electrons. The lowest BCUT2D eigenvalue weighted by molar-refractivity contribution is -0.133. The first-order valence-electron chi connectivity index (χ1n) is 10.6. The van der Waals surface area contributed by atoms with Crippen LogP contribution in [0.25, 0.3) is 0 Å². The van der Waals surface area contributed by atoms with E-state index in [0.29, 0.717) is 12.8 Å². The minimum atomic E-state index is -0.595. The number of amides is 3. The molecule has 1 rings (SSSR count). The Morgan fingerprint density at radius 1 is 1.20 bits per heavy atom. The Labute approximate surface area is 179 Å². The van der Waals surface area contributed by atoms with Crippen LogP contribution in [0.15, 0.2) is 0 Å². The molecule has 10 heteroatoms. The van der Waals surface area contributed by atoms with Crippen molar-refractivity contribution in [1.82, 2.24) is 15.5 Å². The van der Waals surface area contributed by atoms with Crippen LogP contribution in [0, 0.1) is 5.41 Å². The number of primary amides is 1. The van der Waals surface area contributed by atoms with Gasteiger partial charge in [-0.1, -0.05) is 34.1 Å². The largest absolute Gasteiger partial charge is 0.364 e. The highest BCUT2D eigenvalue weighted by Gasteiger charge is 2.33. The van der Waals surface area contributed by atoms with Crippen LogP contribution >= 0.6 is 0 Å². The van der Waals surface area contributed by atoms with Gasteiger partial charge < -0.3 is 31.6 Å². The number of hydrogen-bond donors (Lipinski definition) is 4. The lowest BCUT2D eigenvalue weighted by Crippen LogP contribution is -2.51. The highest BCUT2D eigenvalue weighted by atomic mass is 16.5. The zero-order chi connectivity index (χ0) is 22.7. The van der Waals surface area contributed by atoms with Crippen LogP contribution in [0.1, 0.15) is 53.4 Å². The Hall–Kier alpha value is -1.75. The summed E-state index contributed by atoms with van der Waals surface area (Å²) in [7, 11) is 0. The molecule has 0 saturated carbocycles. The van der Waals surface area contributed by atoms with Gasteiger partial charge in [-0.15, -0.1) is 0 Å². The van der Waals surface area contributed by atoms with Gasteiger partial charge in [0, 0.05) is 6.54 Å². The van der Waals surface area contributed by atoms with Gasteiger partial charge in [-0.25, -0.2) is 4.79 Å². The molecule has 10 nitrogen and oxygen atoms in total. The maximum Gasteiger partial charge on any atom is 0.312 e. The fourth-order valence-electron chi connectivity index (χ4n) is 3.38. The van der Waals surface area contributed by atoms with Gasteiger partial charge in [-0.2, -0.15) is 0 Å². The third-order valence-corrected chi connectivity index (χ3v) is 5.21. The first kappa shape index (κ1) is 26.3. The second-order valence-corrected chi connectivity index (χ2v) is 8.73. The molecule has 1 heterocycles. The smallest absolute Gasteiger partial charge is 0.312 e. The van der Waals surface area contributed by atoms with Gasteiger partial charge in [0.05, 0.1) is 38.2 Å². The average Bonchev–Trinajstić information content (AvgIpc) is 3.12. The maximum atomic E-state index is 12.8. The van der Waals surface area contributed by atoms with Crippen LogP contribution < -0.4 is 22.1 Å². The van der Waals surface area contributed by atoms with Crippen LogP contribution in [0.2, 0.25) is 0 Å². The molecule has 0 spiro atoms. The number of carbonyl (C=O) groups is 3. The van der Waals surface area contributed by atoms with Crippen LogP contribution in [0.3, 0.4) is 0 Å². The predicted octanol–water partition coefficient (Wildman–Crippen LogP) is 0.295. The molecule has 0 bridgehead atoms. The molecule has 3 atom stereocenters. The number of nitrogens with two attached hydrogens (primary N) is 2. The molecule has 0 aromatic rings. The molecule has 174 valence electrons. The van der Waals surface area contributed by atoms with E-state index in [1.165, 1.54) is 0 Å². The van der Waals surface area contributed by atoms with E-state index in [0.717, 1.165) is 19.4 Å². The number of nitrogens with one attached hydrogen (secondary N) is 2. The van der Waals surface area contributed by atoms with Crippen LogP contribution in [-0.4, -0.2) is 74.0 Å². The van der Waals surface area contributed by atoms with Gasteiger partial charge in [0.1, 0.15) is 6.61 Å². The van der Waals surface area contributed by atoms with E-state index in [1.54, 1.807) is 0 Å². The Morgan fingerprint density at radius 2 is 1.90 bits per heavy atom. The SMILES string of the molecule is CCCC(NC(=O)[C@@H]1CCCN1COC[C@@H](NC(N)=O)C(C)(C)C)C(=O)COCN. The molecule has 1 fully saturated rings. The van der Waals surface area contributed by atoms with E-state index in [4.69, 9.17) is 20.9 Å². The van der Waals surface area contributed by atoms with E-state index >= 15 is 0 Å². The van der Waals surface area contributed by atoms with Crippen molar-refractivity contribution in [2.24, 2.45) is 16.9 Å². The topological polar surface area (TPSA) is 149 Å². The first-order chi connectivity index (χ1) is 14.1. The highest BCUT2D eigenvalue weighted by molar-refractivity contribution is 5.91. The Balaban J connectivity index is 2.61. The van der Waals surface area contributed by atoms with Gasteiger partial charge in [0.15, 0.2) is 5.78 Å². The molecule has 1 unspecified atom stereocenters. The van der Waals surface area contributed by atoms with Crippen molar-refractivity contribution in [3.05, 3.63) is 0 Å². The monoisotopic (exact) mass is 429 g/mol. The second-order valence-electron chi connectivity index (χ2n) is 8.73. The van der Waals surface area contributed by atoms with E-state index in [1.807, 2.05) is 32.6 Å². The summed E-state index contributed by atoms with van der Waals surface area (Å²) in [6.07, 6.45) is 2.88. The molecule has 1 saturated heterocycles. The summed E-state index contributed by atoms with van der Waals surface area (Å²) in [5.74, 6) is -0.361. The number of hydrogen-bond acceptors (Lipinski definition) is 7. The number of ketones is 1. The predicted molar refractivity (Wildman–Crippen MR) is 113 cm³/mol. The van der Waals surface area contributed by atoms with Gasteiger partial charge in [0.2, 0.25) is 5.91 Å². The van der Waals surface area contributed by atoms with Gasteiger partial charge in [0.25, 0.3) is 0 Å². The van der Waals surface area contributed by atoms with Gasteiger partial charge in [-0.3, -0.25) is 14.5 Å². The summed E-state index contributed by atoms with van der Waals surface area (Å²) in [5, 5.41) is 5.57. The number of rotatable bonds is 13. The summed E-state index contributed by atoms with van der Waals surface area (Å²) < 4.78 is 10.8. The quantitative estimate of drug-likeness (QED) is 0.308. The molecule has 0 aliphatic carbocycles. The number of Topliss-reactive ketones (excluding diaryl/α,β-unsaturated/α-hetero) is 1. The molecular formula is C20H39N5O5. The molecule has 1 aliphatic rings. The van der Waals surface area contributed by atoms with Crippen molar-refractivity contribution in [2.75, 3.05) is 33.2 Å². The fourth-order valence-corrected chi connectivity index (χ4v) is 3.38. The van der Waals surface area contributed by atoms with Crippen molar-refractivity contribution < 1.29 is 23.9 Å². The molecular weight excluding hydrogens is 390 g/mol. The minimum absolute atomic E-state index is 0.0353. The third kappa shape index (κ3) is 8.95. The van der Waals surface area contributed by atoms with Crippen molar-refractivity contribution in [3.8, 4) is 0 Å². The van der Waals surface area contributed by atoms with Crippen LogP contribution in [-0.2, 0) is 19.1 Å². The standard InChI is InChI=1S/C20H39N5O5/c1-5-7-14(16(26)10-29-12-21)23-18(27)15-8-6-9-25(15)13-30-11-17(20(2,3)4)24-19(22)28/h14-15,17H,5-13,21H2,1-4H3,(H,23,27)(H3,22,24,28)/t14?,15-,17+/m0/s1. The summed E-state index contributed by atoms with van der Waals surface area (Å²) in [5.41, 5.74) is 10.3. The molecule has 30 heavy (non-hydrogen) atoms. The zero-order valence-corrected chi connectivity index (χ0v) is 18.7. The molecule has 3 amide bonds. The average molecular weight is 430 g/mol. The molecule has 6 N–H and O–H groups in total. The van der Waals surface area contributed by atoms with Crippen LogP contribution in [0.5, 0.6) is 0 Å². The number of likely N-dealkylation sites (tertiary alicyclic amines) is 1. The summed E-state index contributed by atoms with van der Waals surface area (Å²) in [4.78, 5) is 38.3.